The number of aliphatic carboxylic acids is 1. The van der Waals surface area contributed by atoms with Crippen molar-refractivity contribution >= 4 is 56.1 Å². The number of carboxylic acid groups (broad SMARTS) is 1. The molecule has 0 amide bonds. The summed E-state index contributed by atoms with van der Waals surface area (Å²) in [5.74, 6) is -1.35. The molecule has 0 radical (unpaired) electrons. The van der Waals surface area contributed by atoms with Crippen molar-refractivity contribution in [1.29, 1.82) is 5.26 Å². The van der Waals surface area contributed by atoms with Gasteiger partial charge in [0.1, 0.15) is 11.6 Å². The number of nitriles is 1. The lowest BCUT2D eigenvalue weighted by Crippen LogP contribution is -2.10. The number of nitrogens with zero attached hydrogens (tertiary/aromatic N) is 1. The van der Waals surface area contributed by atoms with E-state index in [0.29, 0.717) is 10.0 Å². The fraction of sp³-hybridized carbons (Fsp3) is 0.0588. The topological polar surface area (TPSA) is 70.3 Å². The highest BCUT2D eigenvalue weighted by molar-refractivity contribution is 14.1. The zero-order valence-electron chi connectivity index (χ0n) is 12.1. The normalized spacial score (nSPS) is 11.0. The first-order valence-corrected chi connectivity index (χ1v) is 8.50. The first kappa shape index (κ1) is 18.4. The molecular formula is C17H10BrFINO3. The maximum atomic E-state index is 13.9. The van der Waals surface area contributed by atoms with Gasteiger partial charge in [-0.05, 0) is 62.8 Å². The van der Waals surface area contributed by atoms with Gasteiger partial charge < -0.3 is 9.84 Å². The zero-order valence-corrected chi connectivity index (χ0v) is 15.8. The second-order valence-corrected chi connectivity index (χ2v) is 6.74. The van der Waals surface area contributed by atoms with E-state index < -0.39 is 18.4 Å². The van der Waals surface area contributed by atoms with Crippen molar-refractivity contribution in [2.45, 2.75) is 0 Å². The Hall–Kier alpha value is -1.92. The lowest BCUT2D eigenvalue weighted by molar-refractivity contribution is -0.139. The molecule has 0 aliphatic rings. The third kappa shape index (κ3) is 4.55. The Morgan fingerprint density at radius 3 is 2.75 bits per heavy atom. The van der Waals surface area contributed by atoms with Crippen molar-refractivity contribution in [2.24, 2.45) is 0 Å². The molecule has 0 aliphatic heterocycles. The van der Waals surface area contributed by atoms with E-state index in [0.717, 1.165) is 3.57 Å². The number of allylic oxidation sites excluding steroid dienone is 1. The number of rotatable bonds is 5. The smallest absolute Gasteiger partial charge is 0.341 e. The second kappa shape index (κ2) is 8.26. The first-order chi connectivity index (χ1) is 11.4. The van der Waals surface area contributed by atoms with Gasteiger partial charge in [0.25, 0.3) is 0 Å². The lowest BCUT2D eigenvalue weighted by Gasteiger charge is -2.11. The zero-order chi connectivity index (χ0) is 17.7. The van der Waals surface area contributed by atoms with E-state index in [9.17, 15) is 14.4 Å². The summed E-state index contributed by atoms with van der Waals surface area (Å²) in [6, 6.07) is 11.4. The standard InChI is InChI=1S/C17H10BrFINO3/c18-14-7-12(20)6-10(17(14)24-9-16(22)23)5-11(8-21)13-3-1-2-4-15(13)19/h1-7H,9H2,(H,22,23)/b11-5-. The highest BCUT2D eigenvalue weighted by atomic mass is 127. The Morgan fingerprint density at radius 2 is 2.12 bits per heavy atom. The number of halogens is 3. The average Bonchev–Trinajstić information content (AvgIpc) is 2.52. The van der Waals surface area contributed by atoms with Gasteiger partial charge in [-0.2, -0.15) is 5.26 Å². The molecule has 0 fully saturated rings. The number of hydrogen-bond donors (Lipinski definition) is 1. The van der Waals surface area contributed by atoms with E-state index in [1.54, 1.807) is 18.2 Å². The molecule has 0 aliphatic carbocycles. The maximum absolute atomic E-state index is 13.9. The summed E-state index contributed by atoms with van der Waals surface area (Å²) in [7, 11) is 0. The van der Waals surface area contributed by atoms with Crippen molar-refractivity contribution in [3.8, 4) is 11.8 Å². The van der Waals surface area contributed by atoms with Crippen LogP contribution < -0.4 is 4.74 Å². The molecule has 7 heteroatoms. The van der Waals surface area contributed by atoms with Crippen LogP contribution in [0.4, 0.5) is 4.39 Å². The Morgan fingerprint density at radius 1 is 1.42 bits per heavy atom. The van der Waals surface area contributed by atoms with Crippen LogP contribution in [0, 0.1) is 20.7 Å². The van der Waals surface area contributed by atoms with Crippen molar-refractivity contribution in [3.05, 3.63) is 61.4 Å². The molecule has 2 aromatic carbocycles. The molecule has 2 aromatic rings. The van der Waals surface area contributed by atoms with E-state index in [2.05, 4.69) is 38.5 Å². The lowest BCUT2D eigenvalue weighted by atomic mass is 10.0. The van der Waals surface area contributed by atoms with Crippen LogP contribution in [0.1, 0.15) is 11.1 Å². The molecule has 4 nitrogen and oxygen atoms in total. The van der Waals surface area contributed by atoms with Crippen molar-refractivity contribution in [2.75, 3.05) is 6.61 Å². The number of hydrogen-bond acceptors (Lipinski definition) is 3. The monoisotopic (exact) mass is 501 g/mol. The molecular weight excluding hydrogens is 492 g/mol. The van der Waals surface area contributed by atoms with Crippen LogP contribution in [0.3, 0.4) is 0 Å². The van der Waals surface area contributed by atoms with E-state index >= 15 is 0 Å². The van der Waals surface area contributed by atoms with Gasteiger partial charge in [0.15, 0.2) is 6.61 Å². The Labute approximate surface area is 159 Å². The largest absolute Gasteiger partial charge is 0.480 e. The van der Waals surface area contributed by atoms with E-state index in [1.165, 1.54) is 24.3 Å². The molecule has 1 N–H and O–H groups in total. The Balaban J connectivity index is 2.56. The number of carboxylic acids is 1. The quantitative estimate of drug-likeness (QED) is 0.365. The molecule has 0 bridgehead atoms. The van der Waals surface area contributed by atoms with E-state index in [4.69, 9.17) is 9.84 Å². The number of carbonyl (C=O) groups is 1. The van der Waals surface area contributed by atoms with Crippen LogP contribution >= 0.6 is 38.5 Å². The molecule has 0 aromatic heterocycles. The van der Waals surface area contributed by atoms with E-state index in [-0.39, 0.29) is 16.9 Å². The van der Waals surface area contributed by atoms with Gasteiger partial charge in [-0.25, -0.2) is 9.18 Å². The predicted octanol–water partition coefficient (Wildman–Crippen LogP) is 4.72. The van der Waals surface area contributed by atoms with Gasteiger partial charge in [-0.15, -0.1) is 0 Å². The molecule has 24 heavy (non-hydrogen) atoms. The van der Waals surface area contributed by atoms with Crippen LogP contribution in [-0.2, 0) is 4.79 Å². The van der Waals surface area contributed by atoms with Gasteiger partial charge in [0.05, 0.1) is 16.1 Å². The Kier molecular flexibility index (Phi) is 6.34. The molecule has 0 atom stereocenters. The summed E-state index contributed by atoms with van der Waals surface area (Å²) in [5, 5.41) is 18.2. The van der Waals surface area contributed by atoms with E-state index in [1.807, 2.05) is 6.07 Å². The molecule has 0 saturated carbocycles. The molecule has 0 saturated heterocycles. The van der Waals surface area contributed by atoms with Gasteiger partial charge >= 0.3 is 5.97 Å². The summed E-state index contributed by atoms with van der Waals surface area (Å²) in [4.78, 5) is 10.7. The SMILES string of the molecule is N#C/C(=C/c1cc(I)cc(Br)c1OCC(=O)O)c1ccccc1F. The van der Waals surface area contributed by atoms with Gasteiger partial charge in [-0.3, -0.25) is 0 Å². The van der Waals surface area contributed by atoms with Crippen LogP contribution in [-0.4, -0.2) is 17.7 Å². The van der Waals surface area contributed by atoms with Crippen LogP contribution in [0.15, 0.2) is 40.9 Å². The summed E-state index contributed by atoms with van der Waals surface area (Å²) in [6.07, 6.45) is 1.47. The van der Waals surface area contributed by atoms with Crippen molar-refractivity contribution in [1.82, 2.24) is 0 Å². The molecule has 0 spiro atoms. The third-order valence-electron chi connectivity index (χ3n) is 2.96. The maximum Gasteiger partial charge on any atom is 0.341 e. The van der Waals surface area contributed by atoms with Gasteiger partial charge in [0.2, 0.25) is 0 Å². The summed E-state index contributed by atoms with van der Waals surface area (Å²) in [6.45, 7) is -0.526. The van der Waals surface area contributed by atoms with Crippen molar-refractivity contribution in [3.63, 3.8) is 0 Å². The average molecular weight is 502 g/mol. The highest BCUT2D eigenvalue weighted by Crippen LogP contribution is 2.34. The van der Waals surface area contributed by atoms with Crippen molar-refractivity contribution < 1.29 is 19.0 Å². The minimum atomic E-state index is -1.12. The number of ether oxygens (including phenoxy) is 1. The summed E-state index contributed by atoms with van der Waals surface area (Å²) in [5.41, 5.74) is 0.760. The van der Waals surface area contributed by atoms with Gasteiger partial charge in [-0.1, -0.05) is 18.2 Å². The van der Waals surface area contributed by atoms with Gasteiger partial charge in [0, 0.05) is 14.7 Å². The van der Waals surface area contributed by atoms with Crippen LogP contribution in [0.2, 0.25) is 0 Å². The van der Waals surface area contributed by atoms with Crippen LogP contribution in [0.5, 0.6) is 5.75 Å². The summed E-state index contributed by atoms with van der Waals surface area (Å²) < 4.78 is 20.6. The molecule has 0 heterocycles. The molecule has 122 valence electrons. The van der Waals surface area contributed by atoms with Crippen LogP contribution in [0.25, 0.3) is 11.6 Å². The fourth-order valence-corrected chi connectivity index (χ4v) is 3.64. The minimum Gasteiger partial charge on any atom is -0.480 e. The second-order valence-electron chi connectivity index (χ2n) is 4.64. The third-order valence-corrected chi connectivity index (χ3v) is 4.17. The molecule has 0 unspecified atom stereocenters. The number of benzene rings is 2. The predicted molar refractivity (Wildman–Crippen MR) is 99.9 cm³/mol. The minimum absolute atomic E-state index is 0.113. The Bertz CT molecular complexity index is 861. The molecule has 2 rings (SSSR count). The summed E-state index contributed by atoms with van der Waals surface area (Å²) >= 11 is 5.40. The fourth-order valence-electron chi connectivity index (χ4n) is 1.98. The first-order valence-electron chi connectivity index (χ1n) is 6.62. The highest BCUT2D eigenvalue weighted by Gasteiger charge is 2.13.